The van der Waals surface area contributed by atoms with Gasteiger partial charge in [0.05, 0.1) is 16.7 Å². The Kier molecular flexibility index (Phi) is 5.54. The monoisotopic (exact) mass is 413 g/mol. The molecule has 0 spiro atoms. The molecule has 0 saturated carbocycles. The molecule has 1 amide bonds. The van der Waals surface area contributed by atoms with Crippen molar-refractivity contribution in [2.45, 2.75) is 27.3 Å². The van der Waals surface area contributed by atoms with Gasteiger partial charge in [0.2, 0.25) is 0 Å². The van der Waals surface area contributed by atoms with Crippen LogP contribution in [0.25, 0.3) is 11.0 Å². The third-order valence-corrected chi connectivity index (χ3v) is 5.07. The third kappa shape index (κ3) is 4.19. The summed E-state index contributed by atoms with van der Waals surface area (Å²) in [6.07, 6.45) is 0. The van der Waals surface area contributed by atoms with Gasteiger partial charge in [-0.25, -0.2) is 4.98 Å². The number of para-hydroxylation sites is 2. The van der Waals surface area contributed by atoms with Crippen molar-refractivity contribution in [3.05, 3.63) is 93.9 Å². The third-order valence-electron chi connectivity index (χ3n) is 5.07. The van der Waals surface area contributed by atoms with Crippen molar-refractivity contribution in [2.75, 3.05) is 5.32 Å². The molecule has 3 aromatic carbocycles. The van der Waals surface area contributed by atoms with Crippen LogP contribution in [0.3, 0.4) is 0 Å². The Morgan fingerprint density at radius 1 is 1.03 bits per heavy atom. The fraction of sp³-hybridized carbons (Fsp3) is 0.160. The van der Waals surface area contributed by atoms with E-state index in [1.807, 2.05) is 50.2 Å². The predicted octanol–water partition coefficient (Wildman–Crippen LogP) is 5.08. The number of anilines is 1. The molecule has 0 fully saturated rings. The van der Waals surface area contributed by atoms with E-state index < -0.39 is 0 Å². The van der Waals surface area contributed by atoms with Crippen LogP contribution < -0.4 is 15.6 Å². The van der Waals surface area contributed by atoms with E-state index >= 15 is 0 Å². The number of aryl methyl sites for hydroxylation is 3. The van der Waals surface area contributed by atoms with Crippen molar-refractivity contribution in [3.8, 4) is 11.5 Å². The summed E-state index contributed by atoms with van der Waals surface area (Å²) in [6, 6.07) is 20.2. The smallest absolute Gasteiger partial charge is 0.272 e. The van der Waals surface area contributed by atoms with Gasteiger partial charge in [-0.15, -0.1) is 0 Å². The quantitative estimate of drug-likeness (QED) is 0.495. The zero-order valence-corrected chi connectivity index (χ0v) is 17.7. The number of aromatic nitrogens is 2. The van der Waals surface area contributed by atoms with Gasteiger partial charge >= 0.3 is 0 Å². The number of nitrogens with zero attached hydrogens (tertiary/aromatic N) is 2. The van der Waals surface area contributed by atoms with Crippen molar-refractivity contribution in [2.24, 2.45) is 0 Å². The number of hydrogen-bond acceptors (Lipinski definition) is 4. The normalized spacial score (nSPS) is 10.8. The van der Waals surface area contributed by atoms with Gasteiger partial charge < -0.3 is 14.6 Å². The zero-order valence-electron chi connectivity index (χ0n) is 17.7. The van der Waals surface area contributed by atoms with E-state index in [9.17, 15) is 9.59 Å². The van der Waals surface area contributed by atoms with Gasteiger partial charge in [0.1, 0.15) is 11.4 Å². The Balaban J connectivity index is 1.63. The van der Waals surface area contributed by atoms with Crippen LogP contribution in [0.5, 0.6) is 11.5 Å². The first-order valence-electron chi connectivity index (χ1n) is 10.1. The number of carbonyl (C=O) groups excluding carboxylic acids is 1. The molecule has 0 aliphatic rings. The Labute approximate surface area is 180 Å². The van der Waals surface area contributed by atoms with Crippen LogP contribution in [-0.2, 0) is 6.54 Å². The maximum Gasteiger partial charge on any atom is 0.272 e. The van der Waals surface area contributed by atoms with Crippen LogP contribution in [0, 0.1) is 13.8 Å². The number of hydrogen-bond donors (Lipinski definition) is 1. The van der Waals surface area contributed by atoms with Crippen molar-refractivity contribution in [1.82, 2.24) is 9.55 Å². The van der Waals surface area contributed by atoms with Crippen molar-refractivity contribution >= 4 is 22.6 Å². The van der Waals surface area contributed by atoms with Gasteiger partial charge in [-0.3, -0.25) is 9.59 Å². The largest absolute Gasteiger partial charge is 0.455 e. The van der Waals surface area contributed by atoms with Gasteiger partial charge in [-0.1, -0.05) is 29.8 Å². The van der Waals surface area contributed by atoms with E-state index in [-0.39, 0.29) is 11.5 Å². The van der Waals surface area contributed by atoms with E-state index in [0.717, 1.165) is 5.56 Å². The first kappa shape index (κ1) is 20.3. The van der Waals surface area contributed by atoms with Gasteiger partial charge in [-0.05, 0) is 63.2 Å². The number of rotatable bonds is 5. The molecule has 4 rings (SSSR count). The van der Waals surface area contributed by atoms with E-state index in [1.54, 1.807) is 41.8 Å². The topological polar surface area (TPSA) is 73.2 Å². The maximum atomic E-state index is 13.0. The number of ether oxygens (including phenoxy) is 1. The molecule has 156 valence electrons. The molecule has 0 radical (unpaired) electrons. The van der Waals surface area contributed by atoms with Crippen LogP contribution >= 0.6 is 0 Å². The Hall–Kier alpha value is -3.93. The summed E-state index contributed by atoms with van der Waals surface area (Å²) in [7, 11) is 0. The van der Waals surface area contributed by atoms with Crippen LogP contribution in [0.2, 0.25) is 0 Å². The summed E-state index contributed by atoms with van der Waals surface area (Å²) in [5, 5.41) is 2.92. The highest BCUT2D eigenvalue weighted by Gasteiger charge is 2.13. The number of amides is 1. The van der Waals surface area contributed by atoms with E-state index in [1.165, 1.54) is 0 Å². The molecular formula is C25H23N3O3. The first-order valence-corrected chi connectivity index (χ1v) is 10.1. The van der Waals surface area contributed by atoms with Gasteiger partial charge in [0.15, 0.2) is 5.75 Å². The van der Waals surface area contributed by atoms with Crippen molar-refractivity contribution in [1.29, 1.82) is 0 Å². The second kappa shape index (κ2) is 8.44. The second-order valence-electron chi connectivity index (χ2n) is 7.32. The minimum atomic E-state index is -0.282. The zero-order chi connectivity index (χ0) is 22.0. The Bertz CT molecular complexity index is 1320. The summed E-state index contributed by atoms with van der Waals surface area (Å²) in [5.74, 6) is 0.958. The fourth-order valence-corrected chi connectivity index (χ4v) is 3.42. The molecule has 0 aliphatic carbocycles. The summed E-state index contributed by atoms with van der Waals surface area (Å²) in [4.78, 5) is 29.6. The summed E-state index contributed by atoms with van der Waals surface area (Å²) in [5.41, 5.74) is 3.76. The van der Waals surface area contributed by atoms with Crippen LogP contribution in [0.1, 0.15) is 28.5 Å². The molecule has 0 atom stereocenters. The summed E-state index contributed by atoms with van der Waals surface area (Å²) >= 11 is 0. The molecule has 31 heavy (non-hydrogen) atoms. The number of carbonyl (C=O) groups is 1. The second-order valence-corrected chi connectivity index (χ2v) is 7.32. The summed E-state index contributed by atoms with van der Waals surface area (Å²) in [6.45, 7) is 6.14. The van der Waals surface area contributed by atoms with Gasteiger partial charge in [-0.2, -0.15) is 0 Å². The van der Waals surface area contributed by atoms with Crippen molar-refractivity contribution < 1.29 is 9.53 Å². The standard InChI is InChI=1S/C25H23N3O3/c1-4-28-22-14-11-18(15-21(22)26-17(3)25(28)30)24(29)27-20-7-5-6-8-23(20)31-19-12-9-16(2)10-13-19/h5-15H,4H2,1-3H3,(H,27,29). The minimum absolute atomic E-state index is 0.116. The minimum Gasteiger partial charge on any atom is -0.455 e. The molecule has 0 bridgehead atoms. The maximum absolute atomic E-state index is 13.0. The Morgan fingerprint density at radius 3 is 2.52 bits per heavy atom. The molecule has 6 nitrogen and oxygen atoms in total. The Morgan fingerprint density at radius 2 is 1.77 bits per heavy atom. The van der Waals surface area contributed by atoms with E-state index in [0.29, 0.717) is 46.0 Å². The first-order chi connectivity index (χ1) is 15.0. The lowest BCUT2D eigenvalue weighted by Gasteiger charge is -2.13. The molecular weight excluding hydrogens is 390 g/mol. The molecule has 1 aromatic heterocycles. The molecule has 1 N–H and O–H groups in total. The molecule has 0 unspecified atom stereocenters. The molecule has 4 aromatic rings. The molecule has 0 aliphatic heterocycles. The highest BCUT2D eigenvalue weighted by Crippen LogP contribution is 2.30. The highest BCUT2D eigenvalue weighted by molar-refractivity contribution is 6.06. The van der Waals surface area contributed by atoms with E-state index in [2.05, 4.69) is 10.3 Å². The lowest BCUT2D eigenvalue weighted by atomic mass is 10.1. The van der Waals surface area contributed by atoms with Crippen LogP contribution in [0.4, 0.5) is 5.69 Å². The highest BCUT2D eigenvalue weighted by atomic mass is 16.5. The van der Waals surface area contributed by atoms with Crippen LogP contribution in [-0.4, -0.2) is 15.5 Å². The summed E-state index contributed by atoms with van der Waals surface area (Å²) < 4.78 is 7.62. The van der Waals surface area contributed by atoms with Gasteiger partial charge in [0, 0.05) is 12.1 Å². The molecule has 6 heteroatoms. The van der Waals surface area contributed by atoms with Gasteiger partial charge in [0.25, 0.3) is 11.5 Å². The average Bonchev–Trinajstić information content (AvgIpc) is 2.77. The number of benzene rings is 3. The lowest BCUT2D eigenvalue weighted by molar-refractivity contribution is 0.102. The molecule has 0 saturated heterocycles. The van der Waals surface area contributed by atoms with E-state index in [4.69, 9.17) is 4.74 Å². The lowest BCUT2D eigenvalue weighted by Crippen LogP contribution is -2.23. The predicted molar refractivity (Wildman–Crippen MR) is 122 cm³/mol. The van der Waals surface area contributed by atoms with Crippen LogP contribution in [0.15, 0.2) is 71.5 Å². The fourth-order valence-electron chi connectivity index (χ4n) is 3.42. The molecule has 1 heterocycles. The van der Waals surface area contributed by atoms with Crippen molar-refractivity contribution in [3.63, 3.8) is 0 Å². The SMILES string of the molecule is CCn1c(=O)c(C)nc2cc(C(=O)Nc3ccccc3Oc3ccc(C)cc3)ccc21. The number of fused-ring (bicyclic) bond motifs is 1. The number of nitrogens with one attached hydrogen (secondary N) is 1. The average molecular weight is 413 g/mol.